The maximum absolute atomic E-state index is 13.2. The Hall–Kier alpha value is -1.72. The third kappa shape index (κ3) is 6.22. The van der Waals surface area contributed by atoms with Gasteiger partial charge < -0.3 is 13.8 Å². The van der Waals surface area contributed by atoms with Gasteiger partial charge in [0.25, 0.3) is 0 Å². The van der Waals surface area contributed by atoms with E-state index in [0.717, 1.165) is 0 Å². The van der Waals surface area contributed by atoms with Gasteiger partial charge in [-0.3, -0.25) is 10.1 Å². The predicted molar refractivity (Wildman–Crippen MR) is 101 cm³/mol. The van der Waals surface area contributed by atoms with Crippen LogP contribution in [0.2, 0.25) is 10.0 Å². The smallest absolute Gasteiger partial charge is 0.444 e. The summed E-state index contributed by atoms with van der Waals surface area (Å²) in [5.74, 6) is -0.0838. The third-order valence-electron chi connectivity index (χ3n) is 3.03. The Balaban J connectivity index is 2.17. The van der Waals surface area contributed by atoms with Crippen molar-refractivity contribution in [3.63, 3.8) is 0 Å². The molecule has 0 saturated carbocycles. The summed E-state index contributed by atoms with van der Waals surface area (Å²) < 4.78 is 29.2. The highest BCUT2D eigenvalue weighted by molar-refractivity contribution is 7.54. The average Bonchev–Trinajstić information content (AvgIpc) is 2.59. The first kappa shape index (κ1) is 20.6. The Morgan fingerprint density at radius 1 is 1.00 bits per heavy atom. The molecule has 9 heteroatoms. The van der Waals surface area contributed by atoms with Crippen molar-refractivity contribution in [1.29, 1.82) is 0 Å². The van der Waals surface area contributed by atoms with Gasteiger partial charge in [0.05, 0.1) is 23.2 Å². The Bertz CT molecular complexity index is 751. The molecule has 140 valence electrons. The lowest BCUT2D eigenvalue weighted by atomic mass is 10.3. The van der Waals surface area contributed by atoms with Crippen LogP contribution in [0.25, 0.3) is 0 Å². The Kier molecular flexibility index (Phi) is 7.79. The van der Waals surface area contributed by atoms with Crippen molar-refractivity contribution < 1.29 is 23.1 Å². The molecule has 1 N–H and O–H groups in total. The fourth-order valence-electron chi connectivity index (χ4n) is 1.93. The standard InChI is InChI=1S/C17H18Cl2NO5P/c1-2-23-17(21)11-20-12-26(22,24-15-9-5-3-7-13(15)18)25-16-10-6-4-8-14(16)19/h3-10,20H,2,11-12H2,1H3. The van der Waals surface area contributed by atoms with E-state index < -0.39 is 13.6 Å². The lowest BCUT2D eigenvalue weighted by molar-refractivity contribution is -0.141. The van der Waals surface area contributed by atoms with Crippen LogP contribution < -0.4 is 14.4 Å². The molecule has 0 amide bonds. The largest absolute Gasteiger partial charge is 0.465 e. The molecule has 0 aliphatic rings. The molecular weight excluding hydrogens is 400 g/mol. The van der Waals surface area contributed by atoms with Crippen LogP contribution in [-0.4, -0.2) is 25.4 Å². The zero-order valence-electron chi connectivity index (χ0n) is 14.0. The van der Waals surface area contributed by atoms with Crippen molar-refractivity contribution in [2.24, 2.45) is 0 Å². The van der Waals surface area contributed by atoms with Gasteiger partial charge in [-0.1, -0.05) is 47.5 Å². The first-order valence-electron chi connectivity index (χ1n) is 7.77. The zero-order chi connectivity index (χ0) is 19.0. The van der Waals surface area contributed by atoms with Gasteiger partial charge in [-0.05, 0) is 31.2 Å². The number of carbonyl (C=O) groups is 1. The number of carbonyl (C=O) groups excluding carboxylic acids is 1. The van der Waals surface area contributed by atoms with Crippen molar-refractivity contribution >= 4 is 36.8 Å². The van der Waals surface area contributed by atoms with E-state index in [-0.39, 0.29) is 41.0 Å². The molecule has 0 radical (unpaired) electrons. The molecule has 2 aromatic carbocycles. The topological polar surface area (TPSA) is 73.9 Å². The first-order chi connectivity index (χ1) is 12.4. The molecule has 26 heavy (non-hydrogen) atoms. The summed E-state index contributed by atoms with van der Waals surface area (Å²) in [6.45, 7) is 1.81. The fraction of sp³-hybridized carbons (Fsp3) is 0.235. The predicted octanol–water partition coefficient (Wildman–Crippen LogP) is 4.75. The lowest BCUT2D eigenvalue weighted by Gasteiger charge is -2.21. The number of hydrogen-bond acceptors (Lipinski definition) is 6. The number of hydrogen-bond donors (Lipinski definition) is 1. The third-order valence-corrected chi connectivity index (χ3v) is 5.21. The molecule has 0 heterocycles. The Morgan fingerprint density at radius 2 is 1.50 bits per heavy atom. The summed E-state index contributed by atoms with van der Waals surface area (Å²) in [4.78, 5) is 11.5. The van der Waals surface area contributed by atoms with E-state index in [1.807, 2.05) is 0 Å². The second-order valence-corrected chi connectivity index (χ2v) is 7.76. The van der Waals surface area contributed by atoms with Crippen molar-refractivity contribution in [3.05, 3.63) is 58.6 Å². The van der Waals surface area contributed by atoms with Crippen LogP contribution in [-0.2, 0) is 14.1 Å². The van der Waals surface area contributed by atoms with Crippen molar-refractivity contribution in [2.75, 3.05) is 19.4 Å². The second-order valence-electron chi connectivity index (χ2n) is 5.04. The van der Waals surface area contributed by atoms with Gasteiger partial charge in [-0.25, -0.2) is 4.57 Å². The molecule has 0 aliphatic heterocycles. The SMILES string of the molecule is CCOC(=O)CNCP(=O)(Oc1ccccc1Cl)Oc1ccccc1Cl. The van der Waals surface area contributed by atoms with Crippen LogP contribution in [0, 0.1) is 0 Å². The van der Waals surface area contributed by atoms with Crippen molar-refractivity contribution in [3.8, 4) is 11.5 Å². The molecule has 2 rings (SSSR count). The van der Waals surface area contributed by atoms with E-state index in [9.17, 15) is 9.36 Å². The van der Waals surface area contributed by atoms with Crippen LogP contribution in [0.4, 0.5) is 0 Å². The molecule has 2 aromatic rings. The highest BCUT2D eigenvalue weighted by atomic mass is 35.5. The maximum Gasteiger partial charge on any atom is 0.444 e. The van der Waals surface area contributed by atoms with Gasteiger partial charge in [-0.15, -0.1) is 0 Å². The van der Waals surface area contributed by atoms with E-state index in [1.165, 1.54) is 0 Å². The van der Waals surface area contributed by atoms with Gasteiger partial charge in [0.1, 0.15) is 17.8 Å². The molecule has 0 spiro atoms. The average molecular weight is 418 g/mol. The number of nitrogens with one attached hydrogen (secondary N) is 1. The molecule has 0 aromatic heterocycles. The minimum Gasteiger partial charge on any atom is -0.465 e. The number of benzene rings is 2. The van der Waals surface area contributed by atoms with E-state index in [2.05, 4.69) is 5.32 Å². The maximum atomic E-state index is 13.2. The van der Waals surface area contributed by atoms with Crippen LogP contribution >= 0.6 is 30.8 Å². The lowest BCUT2D eigenvalue weighted by Crippen LogP contribution is -2.27. The quantitative estimate of drug-likeness (QED) is 0.468. The van der Waals surface area contributed by atoms with E-state index in [0.29, 0.717) is 0 Å². The molecule has 0 atom stereocenters. The van der Waals surface area contributed by atoms with Gasteiger partial charge in [0, 0.05) is 0 Å². The van der Waals surface area contributed by atoms with Crippen LogP contribution in [0.5, 0.6) is 11.5 Å². The molecule has 0 unspecified atom stereocenters. The van der Waals surface area contributed by atoms with Crippen LogP contribution in [0.1, 0.15) is 6.92 Å². The summed E-state index contributed by atoms with van der Waals surface area (Å²) in [7, 11) is -3.78. The second kappa shape index (κ2) is 9.83. The van der Waals surface area contributed by atoms with E-state index >= 15 is 0 Å². The fourth-order valence-corrected chi connectivity index (χ4v) is 3.85. The minimum atomic E-state index is -3.78. The first-order valence-corrected chi connectivity index (χ1v) is 10.3. The highest BCUT2D eigenvalue weighted by Gasteiger charge is 2.30. The molecular formula is C17H18Cl2NO5P. The van der Waals surface area contributed by atoms with Crippen molar-refractivity contribution in [1.82, 2.24) is 5.32 Å². The van der Waals surface area contributed by atoms with Gasteiger partial charge >= 0.3 is 13.6 Å². The van der Waals surface area contributed by atoms with Gasteiger partial charge in [-0.2, -0.15) is 0 Å². The number of halogens is 2. The number of esters is 1. The summed E-state index contributed by atoms with van der Waals surface area (Å²) in [5.41, 5.74) is 0. The van der Waals surface area contributed by atoms with Gasteiger partial charge in [0.15, 0.2) is 0 Å². The summed E-state index contributed by atoms with van der Waals surface area (Å²) in [6.07, 6.45) is -0.248. The number of rotatable bonds is 9. The van der Waals surface area contributed by atoms with Crippen molar-refractivity contribution in [2.45, 2.75) is 6.92 Å². The van der Waals surface area contributed by atoms with E-state index in [4.69, 9.17) is 37.0 Å². The Labute approximate surface area is 161 Å². The molecule has 0 saturated heterocycles. The molecule has 0 fully saturated rings. The van der Waals surface area contributed by atoms with E-state index in [1.54, 1.807) is 55.5 Å². The molecule has 0 aliphatic carbocycles. The zero-order valence-corrected chi connectivity index (χ0v) is 16.4. The van der Waals surface area contributed by atoms with Crippen LogP contribution in [0.15, 0.2) is 48.5 Å². The highest BCUT2D eigenvalue weighted by Crippen LogP contribution is 2.50. The monoisotopic (exact) mass is 417 g/mol. The normalized spacial score (nSPS) is 11.0. The number of ether oxygens (including phenoxy) is 1. The number of para-hydroxylation sites is 2. The summed E-state index contributed by atoms with van der Waals surface area (Å²) in [6, 6.07) is 13.1. The minimum absolute atomic E-state index is 0.143. The molecule has 6 nitrogen and oxygen atoms in total. The summed E-state index contributed by atoms with van der Waals surface area (Å²) in [5, 5.41) is 3.27. The summed E-state index contributed by atoms with van der Waals surface area (Å²) >= 11 is 12.1. The van der Waals surface area contributed by atoms with Crippen LogP contribution in [0.3, 0.4) is 0 Å². The molecule has 0 bridgehead atoms. The van der Waals surface area contributed by atoms with Gasteiger partial charge in [0.2, 0.25) is 0 Å². The Morgan fingerprint density at radius 3 is 1.96 bits per heavy atom.